The number of nitro benzene ring substituents is 1. The topological polar surface area (TPSA) is 69.4 Å². The second-order valence-electron chi connectivity index (χ2n) is 4.85. The summed E-state index contributed by atoms with van der Waals surface area (Å²) in [6, 6.07) is 11.3. The molecule has 0 aliphatic heterocycles. The van der Waals surface area contributed by atoms with E-state index < -0.39 is 10.9 Å². The predicted octanol–water partition coefficient (Wildman–Crippen LogP) is 3.83. The van der Waals surface area contributed by atoms with Gasteiger partial charge >= 0.3 is 5.97 Å². The minimum atomic E-state index is -0.499. The van der Waals surface area contributed by atoms with Crippen molar-refractivity contribution in [3.8, 4) is 5.75 Å². The molecular weight excluding hydrogens is 282 g/mol. The molecule has 5 nitrogen and oxygen atoms in total. The number of carbonyl (C=O) groups is 1. The maximum absolute atomic E-state index is 11.7. The minimum absolute atomic E-state index is 0.00913. The van der Waals surface area contributed by atoms with Crippen LogP contribution in [0, 0.1) is 24.0 Å². The van der Waals surface area contributed by atoms with Gasteiger partial charge in [-0.1, -0.05) is 6.07 Å². The molecule has 0 atom stereocenters. The molecule has 0 unspecified atom stereocenters. The lowest BCUT2D eigenvalue weighted by Crippen LogP contribution is -2.03. The van der Waals surface area contributed by atoms with Crippen molar-refractivity contribution in [3.05, 3.63) is 75.3 Å². The average Bonchev–Trinajstić information content (AvgIpc) is 2.49. The molecule has 0 amide bonds. The van der Waals surface area contributed by atoms with Crippen LogP contribution in [0.25, 0.3) is 6.08 Å². The Morgan fingerprint density at radius 2 is 1.77 bits per heavy atom. The molecule has 0 spiro atoms. The van der Waals surface area contributed by atoms with E-state index in [9.17, 15) is 14.9 Å². The highest BCUT2D eigenvalue weighted by atomic mass is 16.6. The lowest BCUT2D eigenvalue weighted by atomic mass is 10.1. The van der Waals surface area contributed by atoms with E-state index in [1.165, 1.54) is 18.2 Å². The first-order chi connectivity index (χ1) is 10.5. The van der Waals surface area contributed by atoms with E-state index >= 15 is 0 Å². The summed E-state index contributed by atoms with van der Waals surface area (Å²) in [5.41, 5.74) is 2.86. The normalized spacial score (nSPS) is 10.6. The number of aryl methyl sites for hydroxylation is 2. The summed E-state index contributed by atoms with van der Waals surface area (Å²) < 4.78 is 5.20. The largest absolute Gasteiger partial charge is 0.423 e. The van der Waals surface area contributed by atoms with Crippen molar-refractivity contribution in [2.24, 2.45) is 0 Å². The Hall–Kier alpha value is -2.95. The fourth-order valence-electron chi connectivity index (χ4n) is 1.80. The Kier molecular flexibility index (Phi) is 4.68. The molecule has 0 aromatic heterocycles. The molecule has 0 aliphatic carbocycles. The van der Waals surface area contributed by atoms with E-state index in [0.29, 0.717) is 11.3 Å². The summed E-state index contributed by atoms with van der Waals surface area (Å²) >= 11 is 0. The summed E-state index contributed by atoms with van der Waals surface area (Å²) in [6.07, 6.45) is 2.84. The van der Waals surface area contributed by atoms with Gasteiger partial charge in [-0.3, -0.25) is 10.1 Å². The molecule has 0 bridgehead atoms. The molecule has 2 rings (SSSR count). The Morgan fingerprint density at radius 3 is 2.36 bits per heavy atom. The van der Waals surface area contributed by atoms with Crippen LogP contribution in [-0.4, -0.2) is 10.9 Å². The summed E-state index contributed by atoms with van der Waals surface area (Å²) in [5, 5.41) is 10.5. The van der Waals surface area contributed by atoms with Gasteiger partial charge in [0.15, 0.2) is 0 Å². The van der Waals surface area contributed by atoms with Crippen LogP contribution in [0.3, 0.4) is 0 Å². The first-order valence-corrected chi connectivity index (χ1v) is 6.67. The van der Waals surface area contributed by atoms with E-state index in [1.807, 2.05) is 19.9 Å². The first kappa shape index (κ1) is 15.4. The van der Waals surface area contributed by atoms with Crippen molar-refractivity contribution in [2.75, 3.05) is 0 Å². The van der Waals surface area contributed by atoms with Crippen molar-refractivity contribution < 1.29 is 14.5 Å². The van der Waals surface area contributed by atoms with Crippen molar-refractivity contribution in [2.45, 2.75) is 13.8 Å². The number of ether oxygens (including phenoxy) is 1. The molecule has 0 saturated heterocycles. The molecule has 112 valence electrons. The number of benzene rings is 2. The number of hydrogen-bond acceptors (Lipinski definition) is 4. The Morgan fingerprint density at radius 1 is 1.09 bits per heavy atom. The lowest BCUT2D eigenvalue weighted by molar-refractivity contribution is -0.384. The van der Waals surface area contributed by atoms with Crippen LogP contribution in [-0.2, 0) is 4.79 Å². The van der Waals surface area contributed by atoms with Crippen LogP contribution < -0.4 is 4.74 Å². The second-order valence-corrected chi connectivity index (χ2v) is 4.85. The molecule has 0 aliphatic rings. The van der Waals surface area contributed by atoms with Crippen molar-refractivity contribution in [1.29, 1.82) is 0 Å². The molecule has 5 heteroatoms. The van der Waals surface area contributed by atoms with Gasteiger partial charge in [0.05, 0.1) is 4.92 Å². The minimum Gasteiger partial charge on any atom is -0.423 e. The molecule has 0 radical (unpaired) electrons. The Balaban J connectivity index is 2.01. The molecule has 2 aromatic rings. The molecule has 0 fully saturated rings. The van der Waals surface area contributed by atoms with E-state index in [4.69, 9.17) is 4.74 Å². The smallest absolute Gasteiger partial charge is 0.336 e. The zero-order chi connectivity index (χ0) is 16.1. The third-order valence-electron chi connectivity index (χ3n) is 3.21. The van der Waals surface area contributed by atoms with Crippen molar-refractivity contribution in [3.63, 3.8) is 0 Å². The molecular formula is C17H15NO4. The summed E-state index contributed by atoms with van der Waals surface area (Å²) in [5.74, 6) is -0.0111. The fourth-order valence-corrected chi connectivity index (χ4v) is 1.80. The van der Waals surface area contributed by atoms with Crippen LogP contribution in [0.4, 0.5) is 5.69 Å². The van der Waals surface area contributed by atoms with Crippen molar-refractivity contribution in [1.82, 2.24) is 0 Å². The third-order valence-corrected chi connectivity index (χ3v) is 3.21. The van der Waals surface area contributed by atoms with Crippen LogP contribution in [0.1, 0.15) is 16.7 Å². The SMILES string of the molecule is Cc1ccc(OC(=O)C=Cc2ccc([N+](=O)[O-])cc2)cc1C. The lowest BCUT2D eigenvalue weighted by Gasteiger charge is -2.04. The Bertz CT molecular complexity index is 733. The van der Waals surface area contributed by atoms with Gasteiger partial charge in [-0.05, 0) is 60.9 Å². The monoisotopic (exact) mass is 297 g/mol. The van der Waals surface area contributed by atoms with Crippen LogP contribution >= 0.6 is 0 Å². The van der Waals surface area contributed by atoms with Crippen molar-refractivity contribution >= 4 is 17.7 Å². The molecule has 0 saturated carbocycles. The first-order valence-electron chi connectivity index (χ1n) is 6.67. The van der Waals surface area contributed by atoms with Gasteiger partial charge in [-0.2, -0.15) is 0 Å². The van der Waals surface area contributed by atoms with E-state index in [1.54, 1.807) is 30.3 Å². The average molecular weight is 297 g/mol. The quantitative estimate of drug-likeness (QED) is 0.283. The van der Waals surface area contributed by atoms with Gasteiger partial charge in [0.25, 0.3) is 5.69 Å². The highest BCUT2D eigenvalue weighted by molar-refractivity contribution is 5.88. The summed E-state index contributed by atoms with van der Waals surface area (Å²) in [4.78, 5) is 21.8. The number of carbonyl (C=O) groups excluding carboxylic acids is 1. The number of nitrogens with zero attached hydrogens (tertiary/aromatic N) is 1. The van der Waals surface area contributed by atoms with Crippen LogP contribution in [0.15, 0.2) is 48.5 Å². The van der Waals surface area contributed by atoms with Gasteiger partial charge in [0.2, 0.25) is 0 Å². The van der Waals surface area contributed by atoms with Crippen LogP contribution in [0.5, 0.6) is 5.75 Å². The third kappa shape index (κ3) is 4.02. The van der Waals surface area contributed by atoms with E-state index in [-0.39, 0.29) is 5.69 Å². The highest BCUT2D eigenvalue weighted by Crippen LogP contribution is 2.17. The number of non-ortho nitro benzene ring substituents is 1. The van der Waals surface area contributed by atoms with E-state index in [0.717, 1.165) is 11.1 Å². The molecule has 2 aromatic carbocycles. The van der Waals surface area contributed by atoms with E-state index in [2.05, 4.69) is 0 Å². The van der Waals surface area contributed by atoms with Gasteiger partial charge in [0, 0.05) is 18.2 Å². The summed E-state index contributed by atoms with van der Waals surface area (Å²) in [6.45, 7) is 3.93. The maximum atomic E-state index is 11.7. The maximum Gasteiger partial charge on any atom is 0.336 e. The zero-order valence-corrected chi connectivity index (χ0v) is 12.3. The highest BCUT2D eigenvalue weighted by Gasteiger charge is 2.04. The molecule has 0 heterocycles. The standard InChI is InChI=1S/C17H15NO4/c1-12-3-9-16(11-13(12)2)22-17(19)10-6-14-4-7-15(8-5-14)18(20)21/h3-11H,1-2H3. The van der Waals surface area contributed by atoms with Crippen LogP contribution in [0.2, 0.25) is 0 Å². The molecule has 22 heavy (non-hydrogen) atoms. The second kappa shape index (κ2) is 6.67. The zero-order valence-electron chi connectivity index (χ0n) is 12.3. The van der Waals surface area contributed by atoms with Gasteiger partial charge in [-0.25, -0.2) is 4.79 Å². The molecule has 0 N–H and O–H groups in total. The van der Waals surface area contributed by atoms with Gasteiger partial charge in [-0.15, -0.1) is 0 Å². The fraction of sp³-hybridized carbons (Fsp3) is 0.118. The number of nitro groups is 1. The van der Waals surface area contributed by atoms with Gasteiger partial charge < -0.3 is 4.74 Å². The Labute approximate surface area is 128 Å². The number of esters is 1. The summed E-state index contributed by atoms with van der Waals surface area (Å²) in [7, 11) is 0. The predicted molar refractivity (Wildman–Crippen MR) is 83.7 cm³/mol. The number of hydrogen-bond donors (Lipinski definition) is 0. The van der Waals surface area contributed by atoms with Gasteiger partial charge in [0.1, 0.15) is 5.75 Å². The number of rotatable bonds is 4.